The number of hydrogen-bond acceptors (Lipinski definition) is 7. The van der Waals surface area contributed by atoms with Crippen LogP contribution in [-0.4, -0.2) is 72.8 Å². The number of amides is 3. The Labute approximate surface area is 277 Å². The largest absolute Gasteiger partial charge is 0.444 e. The first kappa shape index (κ1) is 34.7. The van der Waals surface area contributed by atoms with Crippen LogP contribution in [-0.2, 0) is 27.0 Å². The predicted octanol–water partition coefficient (Wildman–Crippen LogP) is 5.58. The molecule has 2 aliphatic heterocycles. The first-order chi connectivity index (χ1) is 22.7. The number of ether oxygens (including phenoxy) is 2. The van der Waals surface area contributed by atoms with Crippen LogP contribution in [0.15, 0.2) is 60.8 Å². The van der Waals surface area contributed by atoms with Gasteiger partial charge >= 0.3 is 12.3 Å². The van der Waals surface area contributed by atoms with Crippen LogP contribution in [0, 0.1) is 5.92 Å². The summed E-state index contributed by atoms with van der Waals surface area (Å²) in [5.41, 5.74) is 1.59. The summed E-state index contributed by atoms with van der Waals surface area (Å²) in [7, 11) is 0. The van der Waals surface area contributed by atoms with Crippen molar-refractivity contribution in [3.63, 3.8) is 0 Å². The maximum atomic E-state index is 13.6. The van der Waals surface area contributed by atoms with Crippen molar-refractivity contribution in [3.05, 3.63) is 83.2 Å². The van der Waals surface area contributed by atoms with Crippen LogP contribution in [0.4, 0.5) is 23.7 Å². The number of halogens is 3. The van der Waals surface area contributed by atoms with Gasteiger partial charge in [0.1, 0.15) is 11.3 Å². The third kappa shape index (κ3) is 8.62. The van der Waals surface area contributed by atoms with E-state index >= 15 is 0 Å². The third-order valence-electron chi connectivity index (χ3n) is 8.25. The van der Waals surface area contributed by atoms with E-state index in [1.54, 1.807) is 64.2 Å². The standard InChI is InChI=1S/C35H40F3N5O5/c1-22(41-31(44)30-18-28(11-12-39-30)42-13-15-43(16-14-42)32(45)26-20-47-21-26)23-5-7-24(8-6-23)29-17-27(35(36,37)38)10-9-25(29)19-40-33(46)48-34(2,3)4/h5-12,17-18,22,26H,13-16,19-21H2,1-4H3,(H,40,46)(H,41,44)/t22-/m1/s1. The van der Waals surface area contributed by atoms with Crippen molar-refractivity contribution in [2.75, 3.05) is 44.3 Å². The minimum absolute atomic E-state index is 0.0354. The topological polar surface area (TPSA) is 113 Å². The number of alkyl carbamates (subject to hydrolysis) is 1. The van der Waals surface area contributed by atoms with Crippen LogP contribution >= 0.6 is 0 Å². The smallest absolute Gasteiger partial charge is 0.416 e. The molecule has 3 heterocycles. The van der Waals surface area contributed by atoms with Gasteiger partial charge in [0.05, 0.1) is 30.7 Å². The lowest BCUT2D eigenvalue weighted by Gasteiger charge is -2.39. The van der Waals surface area contributed by atoms with E-state index in [1.807, 2.05) is 11.0 Å². The average Bonchev–Trinajstić information content (AvgIpc) is 3.02. The Hall–Kier alpha value is -4.65. The molecular weight excluding hydrogens is 627 g/mol. The van der Waals surface area contributed by atoms with E-state index < -0.39 is 29.5 Å². The minimum atomic E-state index is -4.55. The van der Waals surface area contributed by atoms with Gasteiger partial charge in [0, 0.05) is 44.6 Å². The summed E-state index contributed by atoms with van der Waals surface area (Å²) in [6.07, 6.45) is -3.64. The van der Waals surface area contributed by atoms with E-state index in [-0.39, 0.29) is 30.0 Å². The van der Waals surface area contributed by atoms with Gasteiger partial charge in [0.15, 0.2) is 0 Å². The summed E-state index contributed by atoms with van der Waals surface area (Å²) < 4.78 is 51.2. The van der Waals surface area contributed by atoms with E-state index in [9.17, 15) is 27.6 Å². The third-order valence-corrected chi connectivity index (χ3v) is 8.25. The molecule has 1 aromatic heterocycles. The molecule has 0 bridgehead atoms. The number of nitrogens with zero attached hydrogens (tertiary/aromatic N) is 3. The zero-order chi connectivity index (χ0) is 34.6. The molecule has 3 aromatic rings. The van der Waals surface area contributed by atoms with Crippen LogP contribution in [0.5, 0.6) is 0 Å². The van der Waals surface area contributed by atoms with E-state index in [4.69, 9.17) is 9.47 Å². The van der Waals surface area contributed by atoms with Crippen LogP contribution in [0.3, 0.4) is 0 Å². The van der Waals surface area contributed by atoms with E-state index in [0.29, 0.717) is 56.1 Å². The summed E-state index contributed by atoms with van der Waals surface area (Å²) in [5.74, 6) is -0.291. The highest BCUT2D eigenvalue weighted by Crippen LogP contribution is 2.34. The molecule has 48 heavy (non-hydrogen) atoms. The summed E-state index contributed by atoms with van der Waals surface area (Å²) in [5, 5.41) is 5.56. The molecule has 5 rings (SSSR count). The van der Waals surface area contributed by atoms with Crippen molar-refractivity contribution < 1.29 is 37.0 Å². The van der Waals surface area contributed by atoms with Gasteiger partial charge < -0.3 is 29.9 Å². The van der Waals surface area contributed by atoms with Crippen molar-refractivity contribution in [1.29, 1.82) is 0 Å². The van der Waals surface area contributed by atoms with Gasteiger partial charge in [0.2, 0.25) is 5.91 Å². The lowest BCUT2D eigenvalue weighted by molar-refractivity contribution is -0.150. The molecule has 0 radical (unpaired) electrons. The molecule has 0 unspecified atom stereocenters. The van der Waals surface area contributed by atoms with Gasteiger partial charge in [-0.1, -0.05) is 30.3 Å². The van der Waals surface area contributed by atoms with Crippen LogP contribution < -0.4 is 15.5 Å². The Morgan fingerprint density at radius 3 is 2.27 bits per heavy atom. The molecule has 2 aliphatic rings. The monoisotopic (exact) mass is 667 g/mol. The van der Waals surface area contributed by atoms with Gasteiger partial charge in [-0.25, -0.2) is 4.79 Å². The molecule has 10 nitrogen and oxygen atoms in total. The van der Waals surface area contributed by atoms with Crippen molar-refractivity contribution in [1.82, 2.24) is 20.5 Å². The first-order valence-corrected chi connectivity index (χ1v) is 15.8. The number of carbonyl (C=O) groups excluding carboxylic acids is 3. The number of pyridine rings is 1. The van der Waals surface area contributed by atoms with Crippen molar-refractivity contribution >= 4 is 23.6 Å². The zero-order valence-electron chi connectivity index (χ0n) is 27.4. The summed E-state index contributed by atoms with van der Waals surface area (Å²) >= 11 is 0. The van der Waals surface area contributed by atoms with Gasteiger partial charge in [0.25, 0.3) is 5.91 Å². The number of anilines is 1. The van der Waals surface area contributed by atoms with Crippen LogP contribution in [0.2, 0.25) is 0 Å². The fraction of sp³-hybridized carbons (Fsp3) is 0.429. The van der Waals surface area contributed by atoms with Gasteiger partial charge in [-0.15, -0.1) is 0 Å². The zero-order valence-corrected chi connectivity index (χ0v) is 27.4. The molecule has 2 fully saturated rings. The van der Waals surface area contributed by atoms with Crippen molar-refractivity contribution in [2.45, 2.75) is 52.1 Å². The molecule has 0 spiro atoms. The second kappa shape index (κ2) is 14.2. The number of hydrogen-bond donors (Lipinski definition) is 2. The van der Waals surface area contributed by atoms with Gasteiger partial charge in [-0.05, 0) is 74.2 Å². The molecule has 0 aliphatic carbocycles. The maximum absolute atomic E-state index is 13.6. The molecular formula is C35H40F3N5O5. The molecule has 256 valence electrons. The van der Waals surface area contributed by atoms with Gasteiger partial charge in [-0.3, -0.25) is 14.6 Å². The number of carbonyl (C=O) groups is 3. The lowest BCUT2D eigenvalue weighted by Crippen LogP contribution is -2.53. The highest BCUT2D eigenvalue weighted by molar-refractivity contribution is 5.93. The van der Waals surface area contributed by atoms with Crippen molar-refractivity contribution in [2.24, 2.45) is 5.92 Å². The SMILES string of the molecule is C[C@@H](NC(=O)c1cc(N2CCN(C(=O)C3COC3)CC2)ccn1)c1ccc(-c2cc(C(F)(F)F)ccc2CNC(=O)OC(C)(C)C)cc1. The van der Waals surface area contributed by atoms with Gasteiger partial charge in [-0.2, -0.15) is 13.2 Å². The fourth-order valence-electron chi connectivity index (χ4n) is 5.52. The number of nitrogens with one attached hydrogen (secondary N) is 2. The molecule has 13 heteroatoms. The highest BCUT2D eigenvalue weighted by Gasteiger charge is 2.33. The quantitative estimate of drug-likeness (QED) is 0.323. The highest BCUT2D eigenvalue weighted by atomic mass is 19.4. The fourth-order valence-corrected chi connectivity index (χ4v) is 5.52. The number of piperazine rings is 1. The lowest BCUT2D eigenvalue weighted by atomic mass is 9.95. The normalized spacial score (nSPS) is 16.1. The minimum Gasteiger partial charge on any atom is -0.444 e. The molecule has 2 saturated heterocycles. The molecule has 3 amide bonds. The van der Waals surface area contributed by atoms with E-state index in [2.05, 4.69) is 20.5 Å². The Morgan fingerprint density at radius 1 is 0.979 bits per heavy atom. The van der Waals surface area contributed by atoms with E-state index in [1.165, 1.54) is 6.07 Å². The van der Waals surface area contributed by atoms with Crippen LogP contribution in [0.1, 0.15) is 60.9 Å². The molecule has 2 N–H and O–H groups in total. The summed E-state index contributed by atoms with van der Waals surface area (Å²) in [4.78, 5) is 46.2. The number of alkyl halides is 3. The van der Waals surface area contributed by atoms with Crippen LogP contribution in [0.25, 0.3) is 11.1 Å². The second-order valence-electron chi connectivity index (χ2n) is 13.0. The average molecular weight is 668 g/mol. The molecule has 2 aromatic carbocycles. The number of benzene rings is 2. The Morgan fingerprint density at radius 2 is 1.67 bits per heavy atom. The first-order valence-electron chi connectivity index (χ1n) is 15.8. The Balaban J connectivity index is 1.23. The second-order valence-corrected chi connectivity index (χ2v) is 13.0. The molecule has 0 saturated carbocycles. The number of aromatic nitrogens is 1. The predicted molar refractivity (Wildman–Crippen MR) is 173 cm³/mol. The Bertz CT molecular complexity index is 1630. The van der Waals surface area contributed by atoms with Crippen molar-refractivity contribution in [3.8, 4) is 11.1 Å². The summed E-state index contributed by atoms with van der Waals surface area (Å²) in [6, 6.07) is 13.4. The summed E-state index contributed by atoms with van der Waals surface area (Å²) in [6.45, 7) is 10.3. The van der Waals surface area contributed by atoms with E-state index in [0.717, 1.165) is 23.4 Å². The maximum Gasteiger partial charge on any atom is 0.416 e. The number of rotatable bonds is 8. The Kier molecular flexibility index (Phi) is 10.3. The molecule has 1 atom stereocenters.